The van der Waals surface area contributed by atoms with Gasteiger partial charge in [-0.25, -0.2) is 0 Å². The molecule has 0 radical (unpaired) electrons. The first-order valence-corrected chi connectivity index (χ1v) is 6.82. The lowest BCUT2D eigenvalue weighted by molar-refractivity contribution is 0.612. The first-order valence-electron chi connectivity index (χ1n) is 6.03. The smallest absolute Gasteiger partial charge is 0.146 e. The number of nitrogens with one attached hydrogen (secondary N) is 1. The number of hydrogen-bond donors (Lipinski definition) is 1. The highest BCUT2D eigenvalue weighted by molar-refractivity contribution is 9.10. The maximum absolute atomic E-state index is 4.09. The van der Waals surface area contributed by atoms with Crippen LogP contribution >= 0.6 is 15.9 Å². The molecule has 2 rings (SSSR count). The van der Waals surface area contributed by atoms with Gasteiger partial charge in [0.2, 0.25) is 0 Å². The van der Waals surface area contributed by atoms with Crippen molar-refractivity contribution < 1.29 is 0 Å². The summed E-state index contributed by atoms with van der Waals surface area (Å²) in [7, 11) is 0. The molecule has 1 aromatic carbocycles. The van der Waals surface area contributed by atoms with E-state index in [9.17, 15) is 0 Å². The molecule has 0 saturated heterocycles. The Morgan fingerprint density at radius 1 is 1.33 bits per heavy atom. The van der Waals surface area contributed by atoms with Crippen molar-refractivity contribution in [2.75, 3.05) is 0 Å². The average molecular weight is 309 g/mol. The molecule has 2 aromatic rings. The lowest BCUT2D eigenvalue weighted by Crippen LogP contribution is -2.16. The number of benzene rings is 1. The second-order valence-corrected chi connectivity index (χ2v) is 5.07. The predicted octanol–water partition coefficient (Wildman–Crippen LogP) is 2.66. The van der Waals surface area contributed by atoms with E-state index in [1.54, 1.807) is 6.33 Å². The topological polar surface area (TPSA) is 42.7 Å². The highest BCUT2D eigenvalue weighted by Gasteiger charge is 2.02. The molecule has 0 aliphatic carbocycles. The number of halogens is 1. The van der Waals surface area contributed by atoms with Crippen LogP contribution in [-0.2, 0) is 19.6 Å². The van der Waals surface area contributed by atoms with Crippen LogP contribution in [0.1, 0.15) is 23.9 Å². The molecule has 0 unspecified atom stereocenters. The standard InChI is InChI=1S/C13H17BrN4/c1-3-18-9-16-17-13(18)8-15-7-11-5-4-10(2)12(14)6-11/h4-6,9,15H,3,7-8H2,1-2H3. The Morgan fingerprint density at radius 2 is 2.17 bits per heavy atom. The highest BCUT2D eigenvalue weighted by Crippen LogP contribution is 2.17. The monoisotopic (exact) mass is 308 g/mol. The first kappa shape index (κ1) is 13.2. The summed E-state index contributed by atoms with van der Waals surface area (Å²) in [4.78, 5) is 0. The summed E-state index contributed by atoms with van der Waals surface area (Å²) in [5, 5.41) is 11.4. The van der Waals surface area contributed by atoms with Gasteiger partial charge >= 0.3 is 0 Å². The van der Waals surface area contributed by atoms with Crippen LogP contribution in [0.15, 0.2) is 29.0 Å². The molecule has 5 heteroatoms. The largest absolute Gasteiger partial charge is 0.317 e. The van der Waals surface area contributed by atoms with Crippen LogP contribution in [0.5, 0.6) is 0 Å². The minimum Gasteiger partial charge on any atom is -0.317 e. The number of rotatable bonds is 5. The van der Waals surface area contributed by atoms with Crippen LogP contribution < -0.4 is 5.32 Å². The number of aromatic nitrogens is 3. The molecule has 0 aliphatic heterocycles. The van der Waals surface area contributed by atoms with E-state index in [-0.39, 0.29) is 0 Å². The van der Waals surface area contributed by atoms with Gasteiger partial charge in [-0.05, 0) is 31.0 Å². The van der Waals surface area contributed by atoms with Crippen molar-refractivity contribution in [3.05, 3.63) is 46.0 Å². The lowest BCUT2D eigenvalue weighted by Gasteiger charge is -2.07. The van der Waals surface area contributed by atoms with Gasteiger partial charge in [0.1, 0.15) is 12.2 Å². The number of aryl methyl sites for hydroxylation is 2. The van der Waals surface area contributed by atoms with Crippen molar-refractivity contribution in [1.82, 2.24) is 20.1 Å². The normalized spacial score (nSPS) is 10.8. The zero-order valence-corrected chi connectivity index (χ0v) is 12.2. The van der Waals surface area contributed by atoms with Crippen molar-refractivity contribution in [3.63, 3.8) is 0 Å². The Hall–Kier alpha value is -1.20. The van der Waals surface area contributed by atoms with Crippen LogP contribution in [0.25, 0.3) is 0 Å². The second-order valence-electron chi connectivity index (χ2n) is 4.22. The van der Waals surface area contributed by atoms with Crippen LogP contribution in [-0.4, -0.2) is 14.8 Å². The zero-order valence-electron chi connectivity index (χ0n) is 10.7. The maximum Gasteiger partial charge on any atom is 0.146 e. The molecule has 0 fully saturated rings. The van der Waals surface area contributed by atoms with E-state index in [0.29, 0.717) is 0 Å². The average Bonchev–Trinajstić information content (AvgIpc) is 2.81. The highest BCUT2D eigenvalue weighted by atomic mass is 79.9. The quantitative estimate of drug-likeness (QED) is 0.923. The number of hydrogen-bond acceptors (Lipinski definition) is 3. The van der Waals surface area contributed by atoms with E-state index in [4.69, 9.17) is 0 Å². The summed E-state index contributed by atoms with van der Waals surface area (Å²) < 4.78 is 3.19. The van der Waals surface area contributed by atoms with E-state index in [2.05, 4.69) is 63.5 Å². The fourth-order valence-corrected chi connectivity index (χ4v) is 2.17. The molecule has 0 atom stereocenters. The van der Waals surface area contributed by atoms with Gasteiger partial charge in [-0.2, -0.15) is 0 Å². The van der Waals surface area contributed by atoms with Crippen molar-refractivity contribution in [3.8, 4) is 0 Å². The van der Waals surface area contributed by atoms with Crippen LogP contribution in [0.4, 0.5) is 0 Å². The summed E-state index contributed by atoms with van der Waals surface area (Å²) in [5.74, 6) is 0.976. The molecule has 0 spiro atoms. The molecule has 4 nitrogen and oxygen atoms in total. The molecule has 1 N–H and O–H groups in total. The zero-order chi connectivity index (χ0) is 13.0. The molecular formula is C13H17BrN4. The van der Waals surface area contributed by atoms with Crippen LogP contribution in [0.3, 0.4) is 0 Å². The van der Waals surface area contributed by atoms with E-state index in [0.717, 1.165) is 29.9 Å². The minimum absolute atomic E-state index is 0.735. The SMILES string of the molecule is CCn1cnnc1CNCc1ccc(C)c(Br)c1. The van der Waals surface area contributed by atoms with Gasteiger partial charge in [-0.3, -0.25) is 0 Å². The van der Waals surface area contributed by atoms with Crippen LogP contribution in [0.2, 0.25) is 0 Å². The molecule has 0 amide bonds. The maximum atomic E-state index is 4.09. The summed E-state index contributed by atoms with van der Waals surface area (Å²) in [5.41, 5.74) is 2.51. The van der Waals surface area contributed by atoms with E-state index >= 15 is 0 Å². The van der Waals surface area contributed by atoms with Gasteiger partial charge in [0, 0.05) is 17.6 Å². The fourth-order valence-electron chi connectivity index (χ4n) is 1.74. The van der Waals surface area contributed by atoms with Gasteiger partial charge in [-0.15, -0.1) is 10.2 Å². The van der Waals surface area contributed by atoms with Crippen molar-refractivity contribution in [2.45, 2.75) is 33.5 Å². The molecule has 1 heterocycles. The van der Waals surface area contributed by atoms with E-state index in [1.807, 2.05) is 4.57 Å². The van der Waals surface area contributed by atoms with E-state index in [1.165, 1.54) is 11.1 Å². The van der Waals surface area contributed by atoms with Crippen LogP contribution in [0, 0.1) is 6.92 Å². The Bertz CT molecular complexity index is 521. The molecule has 18 heavy (non-hydrogen) atoms. The molecular weight excluding hydrogens is 292 g/mol. The molecule has 96 valence electrons. The Balaban J connectivity index is 1.90. The lowest BCUT2D eigenvalue weighted by atomic mass is 10.1. The van der Waals surface area contributed by atoms with Gasteiger partial charge in [0.05, 0.1) is 6.54 Å². The second kappa shape index (κ2) is 6.11. The van der Waals surface area contributed by atoms with Crippen molar-refractivity contribution in [2.24, 2.45) is 0 Å². The third-order valence-corrected chi connectivity index (χ3v) is 3.74. The fraction of sp³-hybridized carbons (Fsp3) is 0.385. The summed E-state index contributed by atoms with van der Waals surface area (Å²) in [6, 6.07) is 6.40. The summed E-state index contributed by atoms with van der Waals surface area (Å²) in [6.45, 7) is 6.64. The van der Waals surface area contributed by atoms with E-state index < -0.39 is 0 Å². The summed E-state index contributed by atoms with van der Waals surface area (Å²) >= 11 is 3.55. The Morgan fingerprint density at radius 3 is 2.89 bits per heavy atom. The predicted molar refractivity (Wildman–Crippen MR) is 75.1 cm³/mol. The van der Waals surface area contributed by atoms with Gasteiger partial charge in [0.25, 0.3) is 0 Å². The molecule has 0 saturated carbocycles. The molecule has 1 aromatic heterocycles. The first-order chi connectivity index (χ1) is 8.70. The minimum atomic E-state index is 0.735. The van der Waals surface area contributed by atoms with Crippen molar-refractivity contribution >= 4 is 15.9 Å². The van der Waals surface area contributed by atoms with Gasteiger partial charge < -0.3 is 9.88 Å². The third-order valence-electron chi connectivity index (χ3n) is 2.88. The molecule has 0 bridgehead atoms. The Kier molecular flexibility index (Phi) is 4.49. The third kappa shape index (κ3) is 3.17. The summed E-state index contributed by atoms with van der Waals surface area (Å²) in [6.07, 6.45) is 1.76. The molecule has 0 aliphatic rings. The number of nitrogens with zero attached hydrogens (tertiary/aromatic N) is 3. The van der Waals surface area contributed by atoms with Gasteiger partial charge in [0.15, 0.2) is 0 Å². The Labute approximate surface area is 116 Å². The van der Waals surface area contributed by atoms with Crippen molar-refractivity contribution in [1.29, 1.82) is 0 Å². The van der Waals surface area contributed by atoms with Gasteiger partial charge in [-0.1, -0.05) is 28.1 Å².